The van der Waals surface area contributed by atoms with Crippen LogP contribution in [0.15, 0.2) is 22.2 Å². The van der Waals surface area contributed by atoms with Gasteiger partial charge in [-0.1, -0.05) is 0 Å². The molecule has 2 aliphatic rings. The van der Waals surface area contributed by atoms with Crippen molar-refractivity contribution >= 4 is 109 Å². The van der Waals surface area contributed by atoms with E-state index in [2.05, 4.69) is 39.0 Å². The molecule has 50 heavy (non-hydrogen) atoms. The van der Waals surface area contributed by atoms with Gasteiger partial charge in [0.25, 0.3) is 11.1 Å². The van der Waals surface area contributed by atoms with Crippen molar-refractivity contribution in [3.63, 3.8) is 0 Å². The van der Waals surface area contributed by atoms with Crippen molar-refractivity contribution in [1.29, 1.82) is 0 Å². The number of fused-ring (bicyclic) bond motifs is 2. The Morgan fingerprint density at radius 2 is 1.16 bits per heavy atom. The zero-order chi connectivity index (χ0) is 35.3. The molecule has 266 valence electrons. The maximum atomic E-state index is 11.8. The molecule has 0 spiro atoms. The van der Waals surface area contributed by atoms with E-state index >= 15 is 0 Å². The van der Waals surface area contributed by atoms with Gasteiger partial charge in [0.1, 0.15) is 36.6 Å². The number of anilines is 2. The van der Waals surface area contributed by atoms with E-state index in [4.69, 9.17) is 40.5 Å². The number of ether oxygens (including phenoxy) is 2. The number of rotatable bonds is 8. The number of nitrogens with zero attached hydrogens (tertiary/aromatic N) is 6. The van der Waals surface area contributed by atoms with Gasteiger partial charge in [0, 0.05) is 59.1 Å². The Hall–Kier alpha value is -1.72. The van der Waals surface area contributed by atoms with Gasteiger partial charge in [0.2, 0.25) is 11.9 Å². The molecule has 0 aliphatic carbocycles. The minimum Gasteiger partial charge on any atom is -0.394 e. The number of imidazole rings is 2. The molecule has 14 N–H and O–H groups in total. The second kappa shape index (κ2) is 16.5. The molecule has 0 aromatic carbocycles. The standard InChI is InChI=1S/2C10H14N5O8P.2Na/c11-10-13-7-4(8(18)14-10)12-2-15(7)9-5(17)6(3(1-16)22-9)23-24(19,20)21;11-10-13-7-4(8(18)14-10)12-2-15(7)9-6(23-24(19,20)21)5(17)3(1-16)22-9;;/h2*2-3,5-6,9,16-17H,1H2,(H2,19,20,21)(H3,11,13,14,18);;/t2*3-,5-,6-,9-;;/m11../s1. The minimum absolute atomic E-state index is 0. The summed E-state index contributed by atoms with van der Waals surface area (Å²) in [6.07, 6.45) is -8.81. The fourth-order valence-corrected chi connectivity index (χ4v) is 6.13. The fourth-order valence-electron chi connectivity index (χ4n) is 5.01. The molecule has 6 rings (SSSR count). The summed E-state index contributed by atoms with van der Waals surface area (Å²) in [5.74, 6) is -0.401. The van der Waals surface area contributed by atoms with E-state index in [1.165, 1.54) is 0 Å². The van der Waals surface area contributed by atoms with Crippen LogP contribution in [0.5, 0.6) is 0 Å². The molecule has 26 nitrogen and oxygen atoms in total. The van der Waals surface area contributed by atoms with Gasteiger partial charge in [-0.2, -0.15) is 9.97 Å². The number of aliphatic hydroxyl groups is 4. The molecule has 0 unspecified atom stereocenters. The Balaban J connectivity index is 0.000000260. The number of aromatic nitrogens is 8. The van der Waals surface area contributed by atoms with Crippen LogP contribution in [0.25, 0.3) is 22.3 Å². The summed E-state index contributed by atoms with van der Waals surface area (Å²) in [6.45, 7) is -1.29. The summed E-state index contributed by atoms with van der Waals surface area (Å²) in [6, 6.07) is 0. The maximum absolute atomic E-state index is 11.8. The summed E-state index contributed by atoms with van der Waals surface area (Å²) >= 11 is 0. The minimum atomic E-state index is -4.98. The molecule has 2 aliphatic heterocycles. The Morgan fingerprint density at radius 3 is 1.60 bits per heavy atom. The predicted molar refractivity (Wildman–Crippen MR) is 164 cm³/mol. The molecular weight excluding hydrogens is 744 g/mol. The van der Waals surface area contributed by atoms with Crippen molar-refractivity contribution < 1.29 is 67.7 Å². The first-order valence-corrected chi connectivity index (χ1v) is 16.3. The number of nitrogens with one attached hydrogen (secondary N) is 2. The van der Waals surface area contributed by atoms with Crippen molar-refractivity contribution in [3.05, 3.63) is 33.4 Å². The van der Waals surface area contributed by atoms with Gasteiger partial charge in [0.15, 0.2) is 34.8 Å². The van der Waals surface area contributed by atoms with E-state index in [1.54, 1.807) is 0 Å². The average molecular weight is 772 g/mol. The zero-order valence-electron chi connectivity index (χ0n) is 25.8. The average Bonchev–Trinajstić information content (AvgIpc) is 3.73. The molecule has 2 saturated heterocycles. The molecule has 0 saturated carbocycles. The third kappa shape index (κ3) is 9.07. The van der Waals surface area contributed by atoms with E-state index in [-0.39, 0.29) is 93.3 Å². The number of nitrogen functional groups attached to an aromatic ring is 2. The van der Waals surface area contributed by atoms with Gasteiger partial charge >= 0.3 is 15.6 Å². The molecule has 4 aromatic heterocycles. The van der Waals surface area contributed by atoms with E-state index in [9.17, 15) is 39.1 Å². The molecular formula is C20H28N10Na2O16P2. The molecule has 2 fully saturated rings. The van der Waals surface area contributed by atoms with Crippen molar-refractivity contribution in [3.8, 4) is 0 Å². The van der Waals surface area contributed by atoms with Gasteiger partial charge < -0.3 is 60.9 Å². The number of H-pyrrole nitrogens is 2. The second-order valence-corrected chi connectivity index (χ2v) is 12.5. The van der Waals surface area contributed by atoms with Crippen molar-refractivity contribution in [2.45, 2.75) is 49.1 Å². The summed E-state index contributed by atoms with van der Waals surface area (Å²) in [4.78, 5) is 79.4. The number of nitrogens with two attached hydrogens (primary N) is 2. The number of phosphoric acid groups is 2. The smallest absolute Gasteiger partial charge is 0.394 e. The quantitative estimate of drug-likeness (QED) is 0.0586. The third-order valence-electron chi connectivity index (χ3n) is 6.95. The van der Waals surface area contributed by atoms with Gasteiger partial charge in [-0.15, -0.1) is 0 Å². The van der Waals surface area contributed by atoms with Crippen LogP contribution in [0, 0.1) is 0 Å². The van der Waals surface area contributed by atoms with Gasteiger partial charge in [-0.3, -0.25) is 37.7 Å². The topological polar surface area (TPSA) is 412 Å². The second-order valence-electron chi connectivity index (χ2n) is 10.1. The van der Waals surface area contributed by atoms with E-state index in [1.807, 2.05) is 0 Å². The first kappa shape index (κ1) is 42.7. The summed E-state index contributed by atoms with van der Waals surface area (Å²) in [7, 11) is -9.91. The SMILES string of the molecule is Nc1nc2c(ncn2[C@@H]2O[C@H](CO)[C@@H](O)[C@H]2OP(=O)(O)O)c(=O)[nH]1.Nc1nc2c(ncn2[C@@H]2O[C@H](CO)[C@@H](OP(=O)(O)O)[C@H]2O)c(=O)[nH]1.[Na].[Na]. The number of hydrogen-bond acceptors (Lipinski definition) is 18. The normalized spacial score (nSPS) is 26.7. The number of phosphoric ester groups is 2. The molecule has 30 heteroatoms. The number of hydrogen-bond donors (Lipinski definition) is 12. The van der Waals surface area contributed by atoms with Crippen LogP contribution >= 0.6 is 15.6 Å². The monoisotopic (exact) mass is 772 g/mol. The van der Waals surface area contributed by atoms with Crippen LogP contribution in [0.2, 0.25) is 0 Å². The molecule has 2 radical (unpaired) electrons. The van der Waals surface area contributed by atoms with Gasteiger partial charge in [-0.05, 0) is 0 Å². The zero-order valence-corrected chi connectivity index (χ0v) is 31.6. The number of aliphatic hydroxyl groups excluding tert-OH is 4. The Morgan fingerprint density at radius 1 is 0.740 bits per heavy atom. The van der Waals surface area contributed by atoms with Crippen LogP contribution in [-0.2, 0) is 27.7 Å². The third-order valence-corrected chi connectivity index (χ3v) is 7.99. The van der Waals surface area contributed by atoms with Crippen molar-refractivity contribution in [1.82, 2.24) is 39.0 Å². The van der Waals surface area contributed by atoms with Crippen LogP contribution in [-0.4, -0.2) is 188 Å². The largest absolute Gasteiger partial charge is 0.470 e. The van der Waals surface area contributed by atoms with E-state index in [0.29, 0.717) is 0 Å². The summed E-state index contributed by atoms with van der Waals surface area (Å²) < 4.78 is 44.3. The Labute approximate surface area is 320 Å². The predicted octanol–water partition coefficient (Wildman–Crippen LogP) is -5.90. The van der Waals surface area contributed by atoms with Crippen LogP contribution in [0.1, 0.15) is 12.5 Å². The van der Waals surface area contributed by atoms with Crippen LogP contribution in [0.4, 0.5) is 11.9 Å². The van der Waals surface area contributed by atoms with Crippen LogP contribution < -0.4 is 22.6 Å². The Kier molecular flexibility index (Phi) is 14.1. The van der Waals surface area contributed by atoms with Crippen molar-refractivity contribution in [2.75, 3.05) is 24.7 Å². The van der Waals surface area contributed by atoms with E-state index in [0.717, 1.165) is 21.8 Å². The molecule has 8 atom stereocenters. The molecule has 0 amide bonds. The van der Waals surface area contributed by atoms with Gasteiger partial charge in [-0.25, -0.2) is 19.1 Å². The fraction of sp³-hybridized carbons (Fsp3) is 0.500. The molecule has 0 bridgehead atoms. The first-order chi connectivity index (χ1) is 22.4. The molecule has 4 aromatic rings. The van der Waals surface area contributed by atoms with E-state index < -0.39 is 89.1 Å². The van der Waals surface area contributed by atoms with Crippen LogP contribution in [0.3, 0.4) is 0 Å². The maximum Gasteiger partial charge on any atom is 0.470 e. The molecule has 6 heterocycles. The summed E-state index contributed by atoms with van der Waals surface area (Å²) in [5, 5.41) is 38.9. The number of aromatic amines is 2. The van der Waals surface area contributed by atoms with Gasteiger partial charge in [0.05, 0.1) is 25.9 Å². The first-order valence-electron chi connectivity index (χ1n) is 13.2. The Bertz CT molecular complexity index is 2020. The van der Waals surface area contributed by atoms with Crippen molar-refractivity contribution in [2.24, 2.45) is 0 Å². The summed E-state index contributed by atoms with van der Waals surface area (Å²) in [5.41, 5.74) is 9.51.